The van der Waals surface area contributed by atoms with Crippen molar-refractivity contribution in [2.45, 2.75) is 32.0 Å². The van der Waals surface area contributed by atoms with E-state index in [1.807, 2.05) is 0 Å². The molecule has 23 heavy (non-hydrogen) atoms. The number of aryl methyl sites for hydroxylation is 1. The summed E-state index contributed by atoms with van der Waals surface area (Å²) >= 11 is 0. The maximum Gasteiger partial charge on any atom is 0.333 e. The fourth-order valence-corrected chi connectivity index (χ4v) is 3.04. The third-order valence-electron chi connectivity index (χ3n) is 3.71. The second-order valence-corrected chi connectivity index (χ2v) is 6.74. The van der Waals surface area contributed by atoms with Crippen LogP contribution in [0, 0.1) is 12.8 Å². The second kappa shape index (κ2) is 6.00. The van der Waals surface area contributed by atoms with Gasteiger partial charge >= 0.3 is 10.3 Å². The van der Waals surface area contributed by atoms with E-state index < -0.39 is 16.4 Å². The Morgan fingerprint density at radius 2 is 2.22 bits per heavy atom. The molecule has 126 valence electrons. The van der Waals surface area contributed by atoms with Crippen LogP contribution in [0.3, 0.4) is 0 Å². The van der Waals surface area contributed by atoms with Gasteiger partial charge in [-0.3, -0.25) is 4.18 Å². The van der Waals surface area contributed by atoms with E-state index in [1.165, 1.54) is 6.33 Å². The molecular formula is C12H17N5O5S. The number of hydrogen-bond donors (Lipinski definition) is 3. The number of nitrogens with two attached hydrogens (primary N) is 1. The van der Waals surface area contributed by atoms with Crippen LogP contribution in [0.2, 0.25) is 0 Å². The van der Waals surface area contributed by atoms with Crippen molar-refractivity contribution in [3.63, 3.8) is 0 Å². The van der Waals surface area contributed by atoms with Crippen LogP contribution < -0.4 is 9.88 Å². The summed E-state index contributed by atoms with van der Waals surface area (Å²) in [7, 11) is -4.02. The predicted molar refractivity (Wildman–Crippen MR) is 78.6 cm³/mol. The summed E-state index contributed by atoms with van der Waals surface area (Å²) in [6, 6.07) is 0. The Kier molecular flexibility index (Phi) is 4.19. The van der Waals surface area contributed by atoms with Crippen molar-refractivity contribution in [3.8, 4) is 5.88 Å². The van der Waals surface area contributed by atoms with E-state index in [4.69, 9.17) is 9.88 Å². The molecule has 1 aliphatic carbocycles. The molecule has 1 saturated carbocycles. The average molecular weight is 343 g/mol. The van der Waals surface area contributed by atoms with Crippen LogP contribution in [-0.2, 0) is 14.5 Å². The van der Waals surface area contributed by atoms with Crippen LogP contribution in [0.1, 0.15) is 18.7 Å². The Balaban J connectivity index is 1.69. The van der Waals surface area contributed by atoms with Gasteiger partial charge in [0.1, 0.15) is 23.8 Å². The Morgan fingerprint density at radius 3 is 2.96 bits per heavy atom. The third-order valence-corrected chi connectivity index (χ3v) is 4.18. The highest BCUT2D eigenvalue weighted by molar-refractivity contribution is 7.84. The number of aromatic amines is 1. The first-order valence-electron chi connectivity index (χ1n) is 7.01. The number of nitrogens with zero attached hydrogens (tertiary/aromatic N) is 3. The summed E-state index contributed by atoms with van der Waals surface area (Å²) < 4.78 is 32.0. The molecule has 10 nitrogen and oxygen atoms in total. The molecule has 0 radical (unpaired) electrons. The summed E-state index contributed by atoms with van der Waals surface area (Å²) in [6.07, 6.45) is 1.07. The lowest BCUT2D eigenvalue weighted by molar-refractivity contribution is 0.0986. The Hall–Kier alpha value is -1.82. The molecule has 1 fully saturated rings. The van der Waals surface area contributed by atoms with Crippen LogP contribution in [-0.4, -0.2) is 52.3 Å². The van der Waals surface area contributed by atoms with Gasteiger partial charge in [-0.05, 0) is 13.3 Å². The van der Waals surface area contributed by atoms with E-state index in [2.05, 4.69) is 24.1 Å². The summed E-state index contributed by atoms with van der Waals surface area (Å²) in [4.78, 5) is 15.3. The second-order valence-electron chi connectivity index (χ2n) is 5.52. The van der Waals surface area contributed by atoms with E-state index in [-0.39, 0.29) is 18.6 Å². The zero-order chi connectivity index (χ0) is 16.6. The molecule has 0 spiro atoms. The van der Waals surface area contributed by atoms with Gasteiger partial charge in [-0.2, -0.15) is 13.4 Å². The number of aliphatic hydroxyl groups excluding tert-OH is 1. The molecule has 2 heterocycles. The first kappa shape index (κ1) is 16.1. The van der Waals surface area contributed by atoms with Crippen molar-refractivity contribution in [1.82, 2.24) is 19.9 Å². The lowest BCUT2D eigenvalue weighted by Gasteiger charge is -2.13. The van der Waals surface area contributed by atoms with Crippen molar-refractivity contribution in [2.75, 3.05) is 6.61 Å². The standard InChI is InChI=1S/C12H17N5O5S/c1-6-16-10-11(17-6)14-5-15-12(10)22-8-2-7(9(18)3-8)4-21-23(13,19)20/h5,7-9,18H,2-4H2,1H3,(H2,13,19,20)(H,14,15,16,17)/t7-,8+,9-/m0/s1. The largest absolute Gasteiger partial charge is 0.473 e. The van der Waals surface area contributed by atoms with Gasteiger partial charge in [-0.15, -0.1) is 0 Å². The van der Waals surface area contributed by atoms with Crippen molar-refractivity contribution in [3.05, 3.63) is 12.2 Å². The molecule has 0 unspecified atom stereocenters. The minimum Gasteiger partial charge on any atom is -0.473 e. The quantitative estimate of drug-likeness (QED) is 0.650. The summed E-state index contributed by atoms with van der Waals surface area (Å²) in [6.45, 7) is 1.62. The van der Waals surface area contributed by atoms with Crippen LogP contribution >= 0.6 is 0 Å². The molecule has 3 atom stereocenters. The van der Waals surface area contributed by atoms with Crippen LogP contribution in [0.5, 0.6) is 5.88 Å². The fraction of sp³-hybridized carbons (Fsp3) is 0.583. The molecule has 0 aromatic carbocycles. The van der Waals surface area contributed by atoms with Gasteiger partial charge in [-0.25, -0.2) is 15.1 Å². The number of aliphatic hydroxyl groups is 1. The average Bonchev–Trinajstić information content (AvgIpc) is 2.98. The van der Waals surface area contributed by atoms with Gasteiger partial charge in [0, 0.05) is 12.3 Å². The van der Waals surface area contributed by atoms with Crippen molar-refractivity contribution in [1.29, 1.82) is 0 Å². The number of fused-ring (bicyclic) bond motifs is 1. The van der Waals surface area contributed by atoms with Gasteiger partial charge in [0.25, 0.3) is 0 Å². The molecular weight excluding hydrogens is 326 g/mol. The molecule has 11 heteroatoms. The van der Waals surface area contributed by atoms with Crippen molar-refractivity contribution < 1.29 is 22.4 Å². The molecule has 4 N–H and O–H groups in total. The molecule has 0 bridgehead atoms. The van der Waals surface area contributed by atoms with E-state index >= 15 is 0 Å². The maximum atomic E-state index is 10.8. The monoisotopic (exact) mass is 343 g/mol. The van der Waals surface area contributed by atoms with Crippen molar-refractivity contribution in [2.24, 2.45) is 11.1 Å². The molecule has 2 aromatic heterocycles. The van der Waals surface area contributed by atoms with Gasteiger partial charge in [-0.1, -0.05) is 0 Å². The van der Waals surface area contributed by atoms with Gasteiger partial charge < -0.3 is 14.8 Å². The lowest BCUT2D eigenvalue weighted by atomic mass is 10.1. The van der Waals surface area contributed by atoms with Crippen LogP contribution in [0.4, 0.5) is 0 Å². The minimum atomic E-state index is -4.02. The Morgan fingerprint density at radius 1 is 1.43 bits per heavy atom. The van der Waals surface area contributed by atoms with Gasteiger partial charge in [0.15, 0.2) is 5.65 Å². The highest BCUT2D eigenvalue weighted by Crippen LogP contribution is 2.31. The molecule has 0 aliphatic heterocycles. The maximum absolute atomic E-state index is 10.8. The number of nitrogens with one attached hydrogen (secondary N) is 1. The van der Waals surface area contributed by atoms with E-state index in [9.17, 15) is 13.5 Å². The predicted octanol–water partition coefficient (Wildman–Crippen LogP) is -0.600. The zero-order valence-electron chi connectivity index (χ0n) is 12.3. The smallest absolute Gasteiger partial charge is 0.333 e. The number of H-pyrrole nitrogens is 1. The lowest BCUT2D eigenvalue weighted by Crippen LogP contribution is -2.24. The molecule has 2 aromatic rings. The first-order chi connectivity index (χ1) is 10.8. The highest BCUT2D eigenvalue weighted by atomic mass is 32.2. The Bertz CT molecular complexity index is 807. The van der Waals surface area contributed by atoms with Crippen LogP contribution in [0.15, 0.2) is 6.33 Å². The first-order valence-corrected chi connectivity index (χ1v) is 8.48. The minimum absolute atomic E-state index is 0.178. The normalized spacial score (nSPS) is 25.1. The van der Waals surface area contributed by atoms with Crippen molar-refractivity contribution >= 4 is 21.5 Å². The number of hydrogen-bond acceptors (Lipinski definition) is 8. The van der Waals surface area contributed by atoms with E-state index in [0.29, 0.717) is 35.7 Å². The Labute approximate surface area is 132 Å². The van der Waals surface area contributed by atoms with Gasteiger partial charge in [0.05, 0.1) is 12.7 Å². The summed E-state index contributed by atoms with van der Waals surface area (Å²) in [5, 5.41) is 14.8. The fourth-order valence-electron chi connectivity index (χ4n) is 2.68. The van der Waals surface area contributed by atoms with E-state index in [1.54, 1.807) is 6.92 Å². The highest BCUT2D eigenvalue weighted by Gasteiger charge is 2.35. The molecule has 3 rings (SSSR count). The molecule has 1 aliphatic rings. The van der Waals surface area contributed by atoms with Gasteiger partial charge in [0.2, 0.25) is 5.88 Å². The summed E-state index contributed by atoms with van der Waals surface area (Å²) in [5.41, 5.74) is 1.09. The SMILES string of the molecule is Cc1nc2ncnc(O[C@@H]3C[C@@H](COS(N)(=O)=O)[C@@H](O)C3)c2[nH]1. The molecule has 0 amide bonds. The third kappa shape index (κ3) is 3.75. The number of ether oxygens (including phenoxy) is 1. The number of imidazole rings is 1. The topological polar surface area (TPSA) is 153 Å². The van der Waals surface area contributed by atoms with E-state index in [0.717, 1.165) is 0 Å². The number of aromatic nitrogens is 4. The number of rotatable bonds is 5. The zero-order valence-corrected chi connectivity index (χ0v) is 13.2. The van der Waals surface area contributed by atoms with Crippen LogP contribution in [0.25, 0.3) is 11.2 Å². The summed E-state index contributed by atoms with van der Waals surface area (Å²) in [5.74, 6) is 0.663. The molecule has 0 saturated heterocycles.